The number of anilines is 1. The lowest BCUT2D eigenvalue weighted by atomic mass is 10.1. The number of nitrogens with one attached hydrogen (secondary N) is 1. The zero-order valence-corrected chi connectivity index (χ0v) is 13.4. The molecule has 0 aliphatic carbocycles. The number of rotatable bonds is 5. The summed E-state index contributed by atoms with van der Waals surface area (Å²) in [7, 11) is 0. The molecule has 0 heterocycles. The molecule has 0 radical (unpaired) electrons. The molecule has 0 spiro atoms. The molecule has 2 N–H and O–H groups in total. The number of hydrogen-bond acceptors (Lipinski definition) is 3. The lowest BCUT2D eigenvalue weighted by molar-refractivity contribution is -0.122. The molecule has 0 fully saturated rings. The van der Waals surface area contributed by atoms with Gasteiger partial charge in [-0.2, -0.15) is 0 Å². The molecule has 0 saturated carbocycles. The van der Waals surface area contributed by atoms with Gasteiger partial charge in [0.05, 0.1) is 11.3 Å². The molecule has 0 saturated heterocycles. The third-order valence-electron chi connectivity index (χ3n) is 3.14. The molecule has 23 heavy (non-hydrogen) atoms. The predicted molar refractivity (Wildman–Crippen MR) is 88.3 cm³/mol. The van der Waals surface area contributed by atoms with Gasteiger partial charge in [-0.1, -0.05) is 23.7 Å². The van der Waals surface area contributed by atoms with Crippen molar-refractivity contribution in [3.63, 3.8) is 0 Å². The second-order valence-electron chi connectivity index (χ2n) is 5.06. The molecule has 0 bridgehead atoms. The highest BCUT2D eigenvalue weighted by atomic mass is 35.5. The van der Waals surface area contributed by atoms with Crippen LogP contribution in [-0.4, -0.2) is 23.1 Å². The predicted octanol–water partition coefficient (Wildman–Crippen LogP) is 3.75. The number of halogens is 1. The molecule has 0 aromatic heterocycles. The summed E-state index contributed by atoms with van der Waals surface area (Å²) < 4.78 is 5.57. The van der Waals surface area contributed by atoms with E-state index in [4.69, 9.17) is 21.4 Å². The van der Waals surface area contributed by atoms with Gasteiger partial charge in [0, 0.05) is 5.02 Å². The van der Waals surface area contributed by atoms with Gasteiger partial charge in [0.1, 0.15) is 5.75 Å². The lowest BCUT2D eigenvalue weighted by Gasteiger charge is -2.16. The Balaban J connectivity index is 2.12. The van der Waals surface area contributed by atoms with Crippen molar-refractivity contribution in [2.24, 2.45) is 0 Å². The van der Waals surface area contributed by atoms with E-state index >= 15 is 0 Å². The van der Waals surface area contributed by atoms with Crippen molar-refractivity contribution in [2.75, 3.05) is 5.32 Å². The standard InChI is InChI=1S/C17H16ClNO4/c1-10-4-3-5-13(8-10)23-11(2)16(20)19-15-9-12(18)6-7-14(15)17(21)22/h3-9,11H,1-2H3,(H,19,20)(H,21,22)/t11-/m0/s1. The number of carboxylic acids is 1. The van der Waals surface area contributed by atoms with E-state index in [9.17, 15) is 9.59 Å². The Morgan fingerprint density at radius 1 is 1.22 bits per heavy atom. The zero-order valence-electron chi connectivity index (χ0n) is 12.7. The highest BCUT2D eigenvalue weighted by Crippen LogP contribution is 2.22. The summed E-state index contributed by atoms with van der Waals surface area (Å²) in [4.78, 5) is 23.4. The maximum absolute atomic E-state index is 12.2. The molecule has 6 heteroatoms. The van der Waals surface area contributed by atoms with E-state index in [1.165, 1.54) is 18.2 Å². The fourth-order valence-electron chi connectivity index (χ4n) is 1.99. The molecular formula is C17H16ClNO4. The first-order valence-electron chi connectivity index (χ1n) is 6.94. The highest BCUT2D eigenvalue weighted by Gasteiger charge is 2.18. The van der Waals surface area contributed by atoms with Crippen LogP contribution in [0.15, 0.2) is 42.5 Å². The molecular weight excluding hydrogens is 318 g/mol. The Labute approximate surface area is 138 Å². The van der Waals surface area contributed by atoms with E-state index < -0.39 is 18.0 Å². The average molecular weight is 334 g/mol. The smallest absolute Gasteiger partial charge is 0.337 e. The van der Waals surface area contributed by atoms with Gasteiger partial charge < -0.3 is 15.2 Å². The van der Waals surface area contributed by atoms with Gasteiger partial charge in [-0.15, -0.1) is 0 Å². The molecule has 5 nitrogen and oxygen atoms in total. The van der Waals surface area contributed by atoms with Crippen molar-refractivity contribution < 1.29 is 19.4 Å². The van der Waals surface area contributed by atoms with Gasteiger partial charge in [0.15, 0.2) is 6.10 Å². The van der Waals surface area contributed by atoms with Crippen molar-refractivity contribution in [3.05, 3.63) is 58.6 Å². The quantitative estimate of drug-likeness (QED) is 0.873. The SMILES string of the molecule is Cc1cccc(O[C@@H](C)C(=O)Nc2cc(Cl)ccc2C(=O)O)c1. The van der Waals surface area contributed by atoms with Crippen LogP contribution in [0.4, 0.5) is 5.69 Å². The lowest BCUT2D eigenvalue weighted by Crippen LogP contribution is -2.30. The summed E-state index contributed by atoms with van der Waals surface area (Å²) in [6.45, 7) is 3.51. The molecule has 120 valence electrons. The number of benzene rings is 2. The second-order valence-corrected chi connectivity index (χ2v) is 5.50. The number of aromatic carboxylic acids is 1. The van der Waals surface area contributed by atoms with Crippen LogP contribution in [0.3, 0.4) is 0 Å². The average Bonchev–Trinajstić information content (AvgIpc) is 2.46. The Bertz CT molecular complexity index is 745. The van der Waals surface area contributed by atoms with Crippen molar-refractivity contribution in [1.82, 2.24) is 0 Å². The van der Waals surface area contributed by atoms with E-state index in [0.29, 0.717) is 10.8 Å². The topological polar surface area (TPSA) is 75.6 Å². The number of carboxylic acid groups (broad SMARTS) is 1. The Morgan fingerprint density at radius 3 is 2.61 bits per heavy atom. The molecule has 2 aromatic rings. The summed E-state index contributed by atoms with van der Waals surface area (Å²) >= 11 is 5.86. The van der Waals surface area contributed by atoms with Gasteiger partial charge in [-0.3, -0.25) is 4.79 Å². The fourth-order valence-corrected chi connectivity index (χ4v) is 2.16. The fraction of sp³-hybridized carbons (Fsp3) is 0.176. The maximum atomic E-state index is 12.2. The van der Waals surface area contributed by atoms with Crippen LogP contribution in [0, 0.1) is 6.92 Å². The minimum Gasteiger partial charge on any atom is -0.481 e. The van der Waals surface area contributed by atoms with Crippen molar-refractivity contribution >= 4 is 29.2 Å². The molecule has 1 atom stereocenters. The van der Waals surface area contributed by atoms with Crippen LogP contribution in [0.1, 0.15) is 22.8 Å². The first-order valence-corrected chi connectivity index (χ1v) is 7.31. The zero-order chi connectivity index (χ0) is 17.0. The van der Waals surface area contributed by atoms with Crippen LogP contribution in [-0.2, 0) is 4.79 Å². The van der Waals surface area contributed by atoms with E-state index in [2.05, 4.69) is 5.32 Å². The van der Waals surface area contributed by atoms with Crippen LogP contribution < -0.4 is 10.1 Å². The molecule has 2 aromatic carbocycles. The van der Waals surface area contributed by atoms with Crippen molar-refractivity contribution in [2.45, 2.75) is 20.0 Å². The van der Waals surface area contributed by atoms with E-state index in [1.807, 2.05) is 25.1 Å². The number of amides is 1. The number of aryl methyl sites for hydroxylation is 1. The molecule has 0 aliphatic heterocycles. The summed E-state index contributed by atoms with van der Waals surface area (Å²) in [5.74, 6) is -1.04. The summed E-state index contributed by atoms with van der Waals surface area (Å²) in [5, 5.41) is 12.0. The summed E-state index contributed by atoms with van der Waals surface area (Å²) in [5.41, 5.74) is 1.11. The molecule has 0 aliphatic rings. The molecule has 2 rings (SSSR count). The first-order chi connectivity index (χ1) is 10.9. The third kappa shape index (κ3) is 4.47. The Hall–Kier alpha value is -2.53. The van der Waals surface area contributed by atoms with E-state index in [0.717, 1.165) is 5.56 Å². The van der Waals surface area contributed by atoms with Crippen LogP contribution in [0.5, 0.6) is 5.75 Å². The number of carbonyl (C=O) groups is 2. The van der Waals surface area contributed by atoms with E-state index in [1.54, 1.807) is 13.0 Å². The Kier molecular flexibility index (Phi) is 5.24. The van der Waals surface area contributed by atoms with Crippen LogP contribution in [0.2, 0.25) is 5.02 Å². The first kappa shape index (κ1) is 16.8. The number of ether oxygens (including phenoxy) is 1. The van der Waals surface area contributed by atoms with Crippen LogP contribution in [0.25, 0.3) is 0 Å². The molecule has 1 amide bonds. The summed E-state index contributed by atoms with van der Waals surface area (Å²) in [6, 6.07) is 11.5. The largest absolute Gasteiger partial charge is 0.481 e. The number of carbonyl (C=O) groups excluding carboxylic acids is 1. The van der Waals surface area contributed by atoms with Crippen molar-refractivity contribution in [3.8, 4) is 5.75 Å². The normalized spacial score (nSPS) is 11.6. The highest BCUT2D eigenvalue weighted by molar-refractivity contribution is 6.31. The van der Waals surface area contributed by atoms with Gasteiger partial charge in [0.2, 0.25) is 0 Å². The minimum atomic E-state index is -1.15. The van der Waals surface area contributed by atoms with Gasteiger partial charge in [-0.05, 0) is 49.7 Å². The summed E-state index contributed by atoms with van der Waals surface area (Å²) in [6.07, 6.45) is -0.794. The van der Waals surface area contributed by atoms with Gasteiger partial charge in [0.25, 0.3) is 5.91 Å². The van der Waals surface area contributed by atoms with Crippen molar-refractivity contribution in [1.29, 1.82) is 0 Å². The third-order valence-corrected chi connectivity index (χ3v) is 3.38. The van der Waals surface area contributed by atoms with E-state index in [-0.39, 0.29) is 11.3 Å². The van der Waals surface area contributed by atoms with Gasteiger partial charge in [-0.25, -0.2) is 4.79 Å². The monoisotopic (exact) mass is 333 g/mol. The Morgan fingerprint density at radius 2 is 1.96 bits per heavy atom. The van der Waals surface area contributed by atoms with Gasteiger partial charge >= 0.3 is 5.97 Å². The number of hydrogen-bond donors (Lipinski definition) is 2. The molecule has 0 unspecified atom stereocenters. The van der Waals surface area contributed by atoms with Crippen LogP contribution >= 0.6 is 11.6 Å². The second kappa shape index (κ2) is 7.15. The maximum Gasteiger partial charge on any atom is 0.337 e. The minimum absolute atomic E-state index is 0.0366.